The Morgan fingerprint density at radius 2 is 1.62 bits per heavy atom. The van der Waals surface area contributed by atoms with Crippen LogP contribution in [-0.2, 0) is 4.79 Å². The second kappa shape index (κ2) is 7.45. The highest BCUT2D eigenvalue weighted by molar-refractivity contribution is 7.80. The van der Waals surface area contributed by atoms with Gasteiger partial charge in [0.05, 0.1) is 27.0 Å². The van der Waals surface area contributed by atoms with Crippen molar-refractivity contribution in [2.75, 3.05) is 26.2 Å². The van der Waals surface area contributed by atoms with Crippen molar-refractivity contribution in [3.8, 4) is 17.2 Å². The molecule has 1 amide bonds. The second-order valence-corrected chi connectivity index (χ2v) is 5.86. The molecule has 1 saturated heterocycles. The van der Waals surface area contributed by atoms with Gasteiger partial charge in [-0.25, -0.2) is 0 Å². The number of carbonyl (C=O) groups excluding carboxylic acids is 1. The molecule has 0 spiro atoms. The Morgan fingerprint density at radius 1 is 0.962 bits per heavy atom. The van der Waals surface area contributed by atoms with E-state index in [0.29, 0.717) is 33.7 Å². The van der Waals surface area contributed by atoms with Crippen molar-refractivity contribution in [2.45, 2.75) is 0 Å². The molecule has 0 atom stereocenters. The Labute approximate surface area is 157 Å². The van der Waals surface area contributed by atoms with Gasteiger partial charge in [0.1, 0.15) is 22.9 Å². The van der Waals surface area contributed by atoms with E-state index in [4.69, 9.17) is 26.4 Å². The third-order valence-corrected chi connectivity index (χ3v) is 4.16. The van der Waals surface area contributed by atoms with E-state index in [0.717, 1.165) is 5.56 Å². The molecule has 1 aliphatic rings. The van der Waals surface area contributed by atoms with Crippen LogP contribution in [-0.4, -0.2) is 32.3 Å². The molecule has 1 N–H and O–H groups in total. The van der Waals surface area contributed by atoms with E-state index in [1.54, 1.807) is 57.7 Å². The Morgan fingerprint density at radius 3 is 2.23 bits per heavy atom. The first-order valence-electron chi connectivity index (χ1n) is 7.80. The van der Waals surface area contributed by atoms with E-state index in [-0.39, 0.29) is 5.91 Å². The van der Waals surface area contributed by atoms with Crippen molar-refractivity contribution < 1.29 is 19.0 Å². The highest BCUT2D eigenvalue weighted by atomic mass is 32.1. The number of anilines is 1. The van der Waals surface area contributed by atoms with Gasteiger partial charge in [-0.15, -0.1) is 0 Å². The molecule has 1 fully saturated rings. The molecule has 2 aromatic carbocycles. The summed E-state index contributed by atoms with van der Waals surface area (Å²) in [6.07, 6.45) is 1.71. The van der Waals surface area contributed by atoms with Gasteiger partial charge in [0.25, 0.3) is 5.91 Å². The number of amides is 1. The number of ether oxygens (including phenoxy) is 3. The average molecular weight is 370 g/mol. The summed E-state index contributed by atoms with van der Waals surface area (Å²) in [5, 5.41) is 3.27. The number of hydrogen-bond donors (Lipinski definition) is 1. The van der Waals surface area contributed by atoms with Crippen molar-refractivity contribution in [1.82, 2.24) is 5.32 Å². The van der Waals surface area contributed by atoms with Crippen LogP contribution in [0.3, 0.4) is 0 Å². The molecule has 26 heavy (non-hydrogen) atoms. The van der Waals surface area contributed by atoms with Crippen molar-refractivity contribution in [3.05, 3.63) is 53.7 Å². The van der Waals surface area contributed by atoms with Crippen molar-refractivity contribution >= 4 is 35.0 Å². The monoisotopic (exact) mass is 370 g/mol. The number of hydrogen-bond acceptors (Lipinski definition) is 5. The van der Waals surface area contributed by atoms with Crippen molar-refractivity contribution in [3.63, 3.8) is 0 Å². The van der Waals surface area contributed by atoms with E-state index in [1.165, 1.54) is 4.90 Å². The minimum Gasteiger partial charge on any atom is -0.497 e. The maximum Gasteiger partial charge on any atom is 0.281 e. The van der Waals surface area contributed by atoms with E-state index < -0.39 is 0 Å². The molecule has 1 heterocycles. The Kier molecular flexibility index (Phi) is 5.09. The van der Waals surface area contributed by atoms with Crippen LogP contribution >= 0.6 is 12.2 Å². The number of carbonyl (C=O) groups is 1. The summed E-state index contributed by atoms with van der Waals surface area (Å²) < 4.78 is 15.7. The summed E-state index contributed by atoms with van der Waals surface area (Å²) in [6.45, 7) is 0. The lowest BCUT2D eigenvalue weighted by molar-refractivity contribution is -0.113. The van der Waals surface area contributed by atoms with Gasteiger partial charge in [0.15, 0.2) is 5.11 Å². The third-order valence-electron chi connectivity index (χ3n) is 3.87. The maximum absolute atomic E-state index is 12.8. The second-order valence-electron chi connectivity index (χ2n) is 5.48. The van der Waals surface area contributed by atoms with Crippen LogP contribution < -0.4 is 24.4 Å². The molecule has 7 heteroatoms. The molecular weight excluding hydrogens is 352 g/mol. The molecule has 0 aromatic heterocycles. The van der Waals surface area contributed by atoms with Gasteiger partial charge in [-0.2, -0.15) is 0 Å². The van der Waals surface area contributed by atoms with Gasteiger partial charge >= 0.3 is 0 Å². The first-order chi connectivity index (χ1) is 12.5. The number of benzene rings is 2. The Balaban J connectivity index is 1.94. The predicted octanol–water partition coefficient (Wildman–Crippen LogP) is 2.97. The molecular formula is C19H18N2O4S. The van der Waals surface area contributed by atoms with Gasteiger partial charge in [0.2, 0.25) is 0 Å². The largest absolute Gasteiger partial charge is 0.497 e. The zero-order chi connectivity index (χ0) is 18.7. The zero-order valence-electron chi connectivity index (χ0n) is 14.6. The average Bonchev–Trinajstić information content (AvgIpc) is 2.94. The van der Waals surface area contributed by atoms with E-state index in [9.17, 15) is 4.79 Å². The first-order valence-corrected chi connectivity index (χ1v) is 8.21. The predicted molar refractivity (Wildman–Crippen MR) is 104 cm³/mol. The van der Waals surface area contributed by atoms with Gasteiger partial charge in [-0.1, -0.05) is 6.07 Å². The van der Waals surface area contributed by atoms with Crippen LogP contribution in [0.2, 0.25) is 0 Å². The third kappa shape index (κ3) is 3.48. The number of nitrogens with one attached hydrogen (secondary N) is 1. The summed E-state index contributed by atoms with van der Waals surface area (Å²) in [5.41, 5.74) is 1.76. The lowest BCUT2D eigenvalue weighted by atomic mass is 10.1. The van der Waals surface area contributed by atoms with E-state index in [2.05, 4.69) is 5.32 Å². The molecule has 3 rings (SSSR count). The Bertz CT molecular complexity index is 873. The minimum atomic E-state index is -0.245. The molecule has 6 nitrogen and oxygen atoms in total. The quantitative estimate of drug-likeness (QED) is 0.645. The summed E-state index contributed by atoms with van der Waals surface area (Å²) in [4.78, 5) is 14.3. The van der Waals surface area contributed by atoms with E-state index in [1.807, 2.05) is 12.1 Å². The fourth-order valence-corrected chi connectivity index (χ4v) is 2.90. The number of thiocarbonyl (C=S) groups is 1. The fourth-order valence-electron chi connectivity index (χ4n) is 2.60. The molecule has 1 aliphatic heterocycles. The standard InChI is InChI=1S/C19H18N2O4S/c1-23-14-6-4-5-13(10-14)21-18(22)17(20-19(21)26)9-12-7-15(24-2)11-16(8-12)25-3/h4-11H,1-3H3,(H,20,26)/b17-9+. The fraction of sp³-hybridized carbons (Fsp3) is 0.158. The topological polar surface area (TPSA) is 60.0 Å². The first kappa shape index (κ1) is 17.8. The highest BCUT2D eigenvalue weighted by Crippen LogP contribution is 2.28. The molecule has 0 aliphatic carbocycles. The molecule has 0 saturated carbocycles. The van der Waals surface area contributed by atoms with Crippen LogP contribution in [0.1, 0.15) is 5.56 Å². The van der Waals surface area contributed by atoms with Gasteiger partial charge in [-0.3, -0.25) is 9.69 Å². The lowest BCUT2D eigenvalue weighted by Crippen LogP contribution is -2.30. The molecule has 0 unspecified atom stereocenters. The summed E-state index contributed by atoms with van der Waals surface area (Å²) in [6, 6.07) is 12.5. The highest BCUT2D eigenvalue weighted by Gasteiger charge is 2.32. The molecule has 2 aromatic rings. The SMILES string of the molecule is COc1cc(/C=C2/NC(=S)N(c3cccc(OC)c3)C2=O)cc(OC)c1. The van der Waals surface area contributed by atoms with E-state index >= 15 is 0 Å². The van der Waals surface area contributed by atoms with Crippen LogP contribution in [0, 0.1) is 0 Å². The molecule has 134 valence electrons. The van der Waals surface area contributed by atoms with Crippen LogP contribution in [0.25, 0.3) is 6.08 Å². The van der Waals surface area contributed by atoms with Gasteiger partial charge < -0.3 is 19.5 Å². The summed E-state index contributed by atoms with van der Waals surface area (Å²) in [5.74, 6) is 1.67. The minimum absolute atomic E-state index is 0.245. The summed E-state index contributed by atoms with van der Waals surface area (Å²) in [7, 11) is 4.72. The van der Waals surface area contributed by atoms with Crippen LogP contribution in [0.15, 0.2) is 48.2 Å². The summed E-state index contributed by atoms with van der Waals surface area (Å²) >= 11 is 5.33. The van der Waals surface area contributed by atoms with Crippen LogP contribution in [0.4, 0.5) is 5.69 Å². The van der Waals surface area contributed by atoms with Gasteiger partial charge in [-0.05, 0) is 48.1 Å². The van der Waals surface area contributed by atoms with Gasteiger partial charge in [0, 0.05) is 12.1 Å². The molecule has 0 bridgehead atoms. The number of nitrogens with zero attached hydrogens (tertiary/aromatic N) is 1. The number of rotatable bonds is 5. The number of methoxy groups -OCH3 is 3. The van der Waals surface area contributed by atoms with Crippen molar-refractivity contribution in [2.24, 2.45) is 0 Å². The smallest absolute Gasteiger partial charge is 0.281 e. The van der Waals surface area contributed by atoms with Crippen molar-refractivity contribution in [1.29, 1.82) is 0 Å². The normalized spacial score (nSPS) is 15.2. The zero-order valence-corrected chi connectivity index (χ0v) is 15.4. The molecule has 0 radical (unpaired) electrons. The lowest BCUT2D eigenvalue weighted by Gasteiger charge is -2.14. The van der Waals surface area contributed by atoms with Crippen LogP contribution in [0.5, 0.6) is 17.2 Å². The maximum atomic E-state index is 12.8. The Hall–Kier alpha value is -3.06.